The molecule has 0 aliphatic carbocycles. The van der Waals surface area contributed by atoms with Gasteiger partial charge in [0.2, 0.25) is 5.91 Å². The van der Waals surface area contributed by atoms with Gasteiger partial charge in [-0.3, -0.25) is 20.1 Å². The van der Waals surface area contributed by atoms with Crippen LogP contribution in [0.3, 0.4) is 0 Å². The monoisotopic (exact) mass is 298 g/mol. The third-order valence-electron chi connectivity index (χ3n) is 3.69. The molecule has 5 nitrogen and oxygen atoms in total. The van der Waals surface area contributed by atoms with Crippen LogP contribution in [0.4, 0.5) is 5.69 Å². The zero-order chi connectivity index (χ0) is 16.1. The highest BCUT2D eigenvalue weighted by Gasteiger charge is 2.18. The molecule has 1 unspecified atom stereocenters. The summed E-state index contributed by atoms with van der Waals surface area (Å²) in [6.07, 6.45) is 5.31. The standard InChI is InChI=1S/C17H22N4O/c1-11-10-18-9-7-15(11)12(2)20-14(4)17(22)21-16-6-5-8-19-13(16)3/h5-10,12,14,20H,1-4H3,(H,21,22)/t12?,14-/m0/s1. The van der Waals surface area contributed by atoms with Crippen LogP contribution < -0.4 is 10.6 Å². The number of aryl methyl sites for hydroxylation is 2. The smallest absolute Gasteiger partial charge is 0.241 e. The predicted octanol–water partition coefficient (Wildman–Crippen LogP) is 2.77. The fourth-order valence-electron chi connectivity index (χ4n) is 2.37. The average Bonchev–Trinajstić information content (AvgIpc) is 2.49. The minimum absolute atomic E-state index is 0.0683. The second-order valence-electron chi connectivity index (χ2n) is 5.47. The summed E-state index contributed by atoms with van der Waals surface area (Å²) in [6, 6.07) is 5.39. The van der Waals surface area contributed by atoms with E-state index in [0.29, 0.717) is 0 Å². The second kappa shape index (κ2) is 7.13. The largest absolute Gasteiger partial charge is 0.323 e. The van der Waals surface area contributed by atoms with E-state index in [9.17, 15) is 4.79 Å². The van der Waals surface area contributed by atoms with Crippen molar-refractivity contribution in [2.24, 2.45) is 0 Å². The molecule has 0 aromatic carbocycles. The molecule has 5 heteroatoms. The van der Waals surface area contributed by atoms with Crippen molar-refractivity contribution in [2.45, 2.75) is 39.8 Å². The fourth-order valence-corrected chi connectivity index (χ4v) is 2.37. The molecule has 0 aliphatic heterocycles. The Bertz CT molecular complexity index is 657. The van der Waals surface area contributed by atoms with Crippen LogP contribution in [0.25, 0.3) is 0 Å². The number of carbonyl (C=O) groups is 1. The molecule has 0 saturated heterocycles. The lowest BCUT2D eigenvalue weighted by Gasteiger charge is -2.21. The number of anilines is 1. The van der Waals surface area contributed by atoms with Crippen LogP contribution in [0.5, 0.6) is 0 Å². The van der Waals surface area contributed by atoms with Crippen molar-refractivity contribution in [1.82, 2.24) is 15.3 Å². The average molecular weight is 298 g/mol. The molecule has 0 bridgehead atoms. The molecule has 0 saturated carbocycles. The van der Waals surface area contributed by atoms with Crippen LogP contribution in [0, 0.1) is 13.8 Å². The van der Waals surface area contributed by atoms with Crippen LogP contribution in [0.15, 0.2) is 36.8 Å². The maximum Gasteiger partial charge on any atom is 0.241 e. The number of rotatable bonds is 5. The van der Waals surface area contributed by atoms with E-state index in [4.69, 9.17) is 0 Å². The Hall–Kier alpha value is -2.27. The molecule has 0 spiro atoms. The summed E-state index contributed by atoms with van der Waals surface area (Å²) >= 11 is 0. The van der Waals surface area contributed by atoms with E-state index < -0.39 is 0 Å². The molecule has 2 rings (SSSR count). The quantitative estimate of drug-likeness (QED) is 0.890. The van der Waals surface area contributed by atoms with Crippen LogP contribution in [0.2, 0.25) is 0 Å². The van der Waals surface area contributed by atoms with E-state index in [-0.39, 0.29) is 18.0 Å². The van der Waals surface area contributed by atoms with Gasteiger partial charge in [-0.1, -0.05) is 0 Å². The number of carbonyl (C=O) groups excluding carboxylic acids is 1. The minimum Gasteiger partial charge on any atom is -0.323 e. The number of hydrogen-bond acceptors (Lipinski definition) is 4. The zero-order valence-electron chi connectivity index (χ0n) is 13.4. The van der Waals surface area contributed by atoms with E-state index in [1.807, 2.05) is 52.1 Å². The maximum atomic E-state index is 12.3. The van der Waals surface area contributed by atoms with Crippen LogP contribution in [0.1, 0.15) is 36.7 Å². The fraction of sp³-hybridized carbons (Fsp3) is 0.353. The number of aromatic nitrogens is 2. The number of amides is 1. The van der Waals surface area contributed by atoms with Crippen molar-refractivity contribution in [3.05, 3.63) is 53.6 Å². The molecule has 2 N–H and O–H groups in total. The SMILES string of the molecule is Cc1cnccc1C(C)N[C@@H](C)C(=O)Nc1cccnc1C. The first-order valence-electron chi connectivity index (χ1n) is 7.38. The van der Waals surface area contributed by atoms with Gasteiger partial charge >= 0.3 is 0 Å². The Kier molecular flexibility index (Phi) is 5.22. The summed E-state index contributed by atoms with van der Waals surface area (Å²) < 4.78 is 0. The number of hydrogen-bond donors (Lipinski definition) is 2. The Balaban J connectivity index is 2.00. The topological polar surface area (TPSA) is 66.9 Å². The van der Waals surface area contributed by atoms with Gasteiger partial charge in [-0.2, -0.15) is 0 Å². The van der Waals surface area contributed by atoms with Gasteiger partial charge < -0.3 is 5.32 Å². The van der Waals surface area contributed by atoms with Crippen molar-refractivity contribution >= 4 is 11.6 Å². The lowest BCUT2D eigenvalue weighted by Crippen LogP contribution is -2.39. The predicted molar refractivity (Wildman–Crippen MR) is 87.6 cm³/mol. The lowest BCUT2D eigenvalue weighted by atomic mass is 10.0. The van der Waals surface area contributed by atoms with Crippen molar-refractivity contribution in [3.63, 3.8) is 0 Å². The van der Waals surface area contributed by atoms with Crippen LogP contribution in [-0.4, -0.2) is 21.9 Å². The van der Waals surface area contributed by atoms with Gasteiger partial charge in [-0.25, -0.2) is 0 Å². The van der Waals surface area contributed by atoms with Gasteiger partial charge in [0.1, 0.15) is 0 Å². The Morgan fingerprint density at radius 3 is 2.64 bits per heavy atom. The van der Waals surface area contributed by atoms with Crippen molar-refractivity contribution in [2.75, 3.05) is 5.32 Å². The van der Waals surface area contributed by atoms with Gasteiger partial charge in [0, 0.05) is 24.6 Å². The summed E-state index contributed by atoms with van der Waals surface area (Å²) in [5.41, 5.74) is 3.81. The zero-order valence-corrected chi connectivity index (χ0v) is 13.4. The van der Waals surface area contributed by atoms with E-state index in [1.165, 1.54) is 0 Å². The van der Waals surface area contributed by atoms with E-state index in [1.54, 1.807) is 12.4 Å². The van der Waals surface area contributed by atoms with Crippen LogP contribution in [-0.2, 0) is 4.79 Å². The van der Waals surface area contributed by atoms with Crippen molar-refractivity contribution < 1.29 is 4.79 Å². The van der Waals surface area contributed by atoms with Crippen LogP contribution >= 0.6 is 0 Å². The molecule has 2 heterocycles. The lowest BCUT2D eigenvalue weighted by molar-refractivity contribution is -0.117. The number of nitrogens with zero attached hydrogens (tertiary/aromatic N) is 2. The van der Waals surface area contributed by atoms with E-state index in [0.717, 1.165) is 22.5 Å². The first kappa shape index (κ1) is 16.1. The van der Waals surface area contributed by atoms with E-state index >= 15 is 0 Å². The molecular formula is C17H22N4O. The molecule has 0 radical (unpaired) electrons. The Morgan fingerprint density at radius 2 is 1.95 bits per heavy atom. The molecule has 2 aromatic rings. The van der Waals surface area contributed by atoms with Crippen molar-refractivity contribution in [3.8, 4) is 0 Å². The summed E-state index contributed by atoms with van der Waals surface area (Å²) in [6.45, 7) is 7.79. The molecular weight excluding hydrogens is 276 g/mol. The molecule has 0 aliphatic rings. The summed E-state index contributed by atoms with van der Waals surface area (Å²) in [4.78, 5) is 20.6. The highest BCUT2D eigenvalue weighted by Crippen LogP contribution is 2.17. The maximum absolute atomic E-state index is 12.3. The molecule has 0 fully saturated rings. The summed E-state index contributed by atoms with van der Waals surface area (Å²) in [5.74, 6) is -0.0744. The molecule has 116 valence electrons. The summed E-state index contributed by atoms with van der Waals surface area (Å²) in [7, 11) is 0. The third-order valence-corrected chi connectivity index (χ3v) is 3.69. The molecule has 2 aromatic heterocycles. The van der Waals surface area contributed by atoms with Gasteiger partial charge in [0.05, 0.1) is 17.4 Å². The highest BCUT2D eigenvalue weighted by atomic mass is 16.2. The second-order valence-corrected chi connectivity index (χ2v) is 5.47. The van der Waals surface area contributed by atoms with Gasteiger partial charge in [-0.05, 0) is 57.0 Å². The number of nitrogens with one attached hydrogen (secondary N) is 2. The van der Waals surface area contributed by atoms with Gasteiger partial charge in [0.15, 0.2) is 0 Å². The van der Waals surface area contributed by atoms with Gasteiger partial charge in [0.25, 0.3) is 0 Å². The molecule has 1 amide bonds. The molecule has 22 heavy (non-hydrogen) atoms. The number of pyridine rings is 2. The highest BCUT2D eigenvalue weighted by molar-refractivity contribution is 5.94. The first-order chi connectivity index (χ1) is 10.5. The molecule has 2 atom stereocenters. The Morgan fingerprint density at radius 1 is 1.18 bits per heavy atom. The third kappa shape index (κ3) is 3.89. The van der Waals surface area contributed by atoms with Gasteiger partial charge in [-0.15, -0.1) is 0 Å². The van der Waals surface area contributed by atoms with Crippen molar-refractivity contribution in [1.29, 1.82) is 0 Å². The normalized spacial score (nSPS) is 13.5. The summed E-state index contributed by atoms with van der Waals surface area (Å²) in [5, 5.41) is 6.22. The minimum atomic E-state index is -0.317. The first-order valence-corrected chi connectivity index (χ1v) is 7.38. The van der Waals surface area contributed by atoms with E-state index in [2.05, 4.69) is 20.6 Å². The Labute approximate surface area is 131 Å².